The first-order valence-corrected chi connectivity index (χ1v) is 3.94. The van der Waals surface area contributed by atoms with Crippen molar-refractivity contribution in [3.63, 3.8) is 0 Å². The molecule has 0 saturated heterocycles. The monoisotopic (exact) mass is 162 g/mol. The van der Waals surface area contributed by atoms with Gasteiger partial charge in [-0.05, 0) is 19.3 Å². The van der Waals surface area contributed by atoms with Crippen LogP contribution in [0.1, 0.15) is 20.3 Å². The molecule has 0 aliphatic rings. The van der Waals surface area contributed by atoms with Crippen LogP contribution in [0.15, 0.2) is 0 Å². The van der Waals surface area contributed by atoms with Gasteiger partial charge < -0.3 is 14.9 Å². The molecule has 3 atom stereocenters. The first kappa shape index (κ1) is 10.9. The minimum absolute atomic E-state index is 0.0925. The maximum atomic E-state index is 9.32. The smallest absolute Gasteiger partial charge is 0.0822 e. The Morgan fingerprint density at radius 1 is 1.27 bits per heavy atom. The maximum absolute atomic E-state index is 9.32. The normalized spacial score (nSPS) is 19.4. The minimum Gasteiger partial charge on any atom is -0.391 e. The SMILES string of the molecule is COCCC(C)C(O)C(C)O. The summed E-state index contributed by atoms with van der Waals surface area (Å²) in [6.07, 6.45) is -0.505. The summed E-state index contributed by atoms with van der Waals surface area (Å²) in [5, 5.41) is 18.3. The third-order valence-electron chi connectivity index (χ3n) is 1.85. The fourth-order valence-corrected chi connectivity index (χ4v) is 0.950. The standard InChI is InChI=1S/C8H18O3/c1-6(4-5-11-3)8(10)7(2)9/h6-10H,4-5H2,1-3H3. The van der Waals surface area contributed by atoms with E-state index in [4.69, 9.17) is 9.84 Å². The second-order valence-corrected chi connectivity index (χ2v) is 2.99. The van der Waals surface area contributed by atoms with E-state index >= 15 is 0 Å². The van der Waals surface area contributed by atoms with E-state index in [2.05, 4.69) is 0 Å². The van der Waals surface area contributed by atoms with E-state index in [9.17, 15) is 5.11 Å². The Balaban J connectivity index is 3.55. The Labute approximate surface area is 68.0 Å². The molecule has 0 aliphatic carbocycles. The second kappa shape index (κ2) is 5.52. The van der Waals surface area contributed by atoms with Gasteiger partial charge in [0.1, 0.15) is 0 Å². The van der Waals surface area contributed by atoms with E-state index in [0.717, 1.165) is 6.42 Å². The van der Waals surface area contributed by atoms with Crippen molar-refractivity contribution in [2.45, 2.75) is 32.5 Å². The maximum Gasteiger partial charge on any atom is 0.0822 e. The van der Waals surface area contributed by atoms with Crippen LogP contribution < -0.4 is 0 Å². The van der Waals surface area contributed by atoms with E-state index in [-0.39, 0.29) is 5.92 Å². The number of methoxy groups -OCH3 is 1. The van der Waals surface area contributed by atoms with Crippen molar-refractivity contribution in [1.82, 2.24) is 0 Å². The molecular formula is C8H18O3. The molecule has 0 aromatic heterocycles. The van der Waals surface area contributed by atoms with Crippen LogP contribution in [0.4, 0.5) is 0 Å². The Bertz CT molecular complexity index is 93.3. The van der Waals surface area contributed by atoms with Gasteiger partial charge in [-0.15, -0.1) is 0 Å². The van der Waals surface area contributed by atoms with Crippen molar-refractivity contribution in [3.8, 4) is 0 Å². The fourth-order valence-electron chi connectivity index (χ4n) is 0.950. The van der Waals surface area contributed by atoms with E-state index < -0.39 is 12.2 Å². The van der Waals surface area contributed by atoms with Crippen LogP contribution in [0.5, 0.6) is 0 Å². The van der Waals surface area contributed by atoms with Gasteiger partial charge in [-0.3, -0.25) is 0 Å². The molecule has 3 unspecified atom stereocenters. The predicted octanol–water partition coefficient (Wildman–Crippen LogP) is 0.401. The lowest BCUT2D eigenvalue weighted by atomic mass is 9.98. The van der Waals surface area contributed by atoms with Crippen molar-refractivity contribution < 1.29 is 14.9 Å². The summed E-state index contributed by atoms with van der Waals surface area (Å²) in [6, 6.07) is 0. The molecular weight excluding hydrogens is 144 g/mol. The summed E-state index contributed by atoms with van der Waals surface area (Å²) in [5.41, 5.74) is 0. The van der Waals surface area contributed by atoms with Crippen molar-refractivity contribution in [3.05, 3.63) is 0 Å². The van der Waals surface area contributed by atoms with E-state index in [0.29, 0.717) is 6.61 Å². The fraction of sp³-hybridized carbons (Fsp3) is 1.00. The number of aliphatic hydroxyl groups is 2. The number of aliphatic hydroxyl groups excluding tert-OH is 2. The lowest BCUT2D eigenvalue weighted by Crippen LogP contribution is -2.30. The van der Waals surface area contributed by atoms with E-state index in [1.807, 2.05) is 6.92 Å². The number of hydrogen-bond donors (Lipinski definition) is 2. The molecule has 0 aromatic carbocycles. The van der Waals surface area contributed by atoms with Gasteiger partial charge in [-0.2, -0.15) is 0 Å². The highest BCUT2D eigenvalue weighted by Gasteiger charge is 2.18. The van der Waals surface area contributed by atoms with Crippen molar-refractivity contribution >= 4 is 0 Å². The van der Waals surface area contributed by atoms with Crippen LogP contribution in [0.3, 0.4) is 0 Å². The van der Waals surface area contributed by atoms with Crippen LogP contribution in [-0.2, 0) is 4.74 Å². The van der Waals surface area contributed by atoms with Gasteiger partial charge in [-0.25, -0.2) is 0 Å². The molecule has 3 heteroatoms. The molecule has 0 saturated carbocycles. The van der Waals surface area contributed by atoms with Crippen LogP contribution in [0, 0.1) is 5.92 Å². The van der Waals surface area contributed by atoms with Gasteiger partial charge in [0.05, 0.1) is 12.2 Å². The highest BCUT2D eigenvalue weighted by atomic mass is 16.5. The minimum atomic E-state index is -0.651. The second-order valence-electron chi connectivity index (χ2n) is 2.99. The van der Waals surface area contributed by atoms with Gasteiger partial charge in [-0.1, -0.05) is 6.92 Å². The highest BCUT2D eigenvalue weighted by molar-refractivity contribution is 4.68. The number of hydrogen-bond acceptors (Lipinski definition) is 3. The summed E-state index contributed by atoms with van der Waals surface area (Å²) in [4.78, 5) is 0. The molecule has 0 radical (unpaired) electrons. The zero-order valence-electron chi connectivity index (χ0n) is 7.45. The summed E-state index contributed by atoms with van der Waals surface area (Å²) in [5.74, 6) is 0.0925. The quantitative estimate of drug-likeness (QED) is 0.615. The van der Waals surface area contributed by atoms with E-state index in [1.165, 1.54) is 0 Å². The molecule has 11 heavy (non-hydrogen) atoms. The van der Waals surface area contributed by atoms with Gasteiger partial charge in [0.2, 0.25) is 0 Å². The zero-order valence-corrected chi connectivity index (χ0v) is 7.45. The molecule has 0 spiro atoms. The van der Waals surface area contributed by atoms with Gasteiger partial charge >= 0.3 is 0 Å². The van der Waals surface area contributed by atoms with Crippen molar-refractivity contribution in [2.24, 2.45) is 5.92 Å². The first-order valence-electron chi connectivity index (χ1n) is 3.94. The molecule has 3 nitrogen and oxygen atoms in total. The van der Waals surface area contributed by atoms with Crippen LogP contribution in [0.2, 0.25) is 0 Å². The molecule has 0 aromatic rings. The molecule has 0 bridgehead atoms. The Hall–Kier alpha value is -0.120. The van der Waals surface area contributed by atoms with Gasteiger partial charge in [0.25, 0.3) is 0 Å². The Morgan fingerprint density at radius 2 is 1.82 bits per heavy atom. The Kier molecular flexibility index (Phi) is 5.46. The molecule has 0 aliphatic heterocycles. The Morgan fingerprint density at radius 3 is 2.18 bits per heavy atom. The lowest BCUT2D eigenvalue weighted by molar-refractivity contribution is -0.0100. The van der Waals surface area contributed by atoms with Crippen molar-refractivity contribution in [2.75, 3.05) is 13.7 Å². The van der Waals surface area contributed by atoms with Crippen LogP contribution >= 0.6 is 0 Å². The average molecular weight is 162 g/mol. The number of ether oxygens (including phenoxy) is 1. The van der Waals surface area contributed by atoms with Crippen LogP contribution in [-0.4, -0.2) is 36.1 Å². The van der Waals surface area contributed by atoms with Gasteiger partial charge in [0, 0.05) is 13.7 Å². The third-order valence-corrected chi connectivity index (χ3v) is 1.85. The third kappa shape index (κ3) is 4.35. The van der Waals surface area contributed by atoms with Crippen LogP contribution in [0.25, 0.3) is 0 Å². The summed E-state index contributed by atoms with van der Waals surface area (Å²) in [6.45, 7) is 4.12. The highest BCUT2D eigenvalue weighted by Crippen LogP contribution is 2.11. The lowest BCUT2D eigenvalue weighted by Gasteiger charge is -2.20. The molecule has 0 fully saturated rings. The van der Waals surface area contributed by atoms with Gasteiger partial charge in [0.15, 0.2) is 0 Å². The first-order chi connectivity index (χ1) is 5.09. The largest absolute Gasteiger partial charge is 0.391 e. The summed E-state index contributed by atoms with van der Waals surface area (Å²) >= 11 is 0. The predicted molar refractivity (Wildman–Crippen MR) is 43.3 cm³/mol. The summed E-state index contributed by atoms with van der Waals surface area (Å²) < 4.78 is 4.85. The zero-order chi connectivity index (χ0) is 8.85. The molecule has 68 valence electrons. The topological polar surface area (TPSA) is 49.7 Å². The average Bonchev–Trinajstić information content (AvgIpc) is 1.98. The summed E-state index contributed by atoms with van der Waals surface area (Å²) in [7, 11) is 1.63. The molecule has 2 N–H and O–H groups in total. The molecule has 0 amide bonds. The molecule has 0 rings (SSSR count). The number of rotatable bonds is 5. The molecule has 0 heterocycles. The van der Waals surface area contributed by atoms with Crippen molar-refractivity contribution in [1.29, 1.82) is 0 Å². The van der Waals surface area contributed by atoms with E-state index in [1.54, 1.807) is 14.0 Å².